The van der Waals surface area contributed by atoms with Crippen LogP contribution in [-0.2, 0) is 6.54 Å². The highest BCUT2D eigenvalue weighted by Gasteiger charge is 2.28. The summed E-state index contributed by atoms with van der Waals surface area (Å²) < 4.78 is 7.67. The third-order valence-electron chi connectivity index (χ3n) is 5.47. The van der Waals surface area contributed by atoms with E-state index >= 15 is 0 Å². The Bertz CT molecular complexity index is 1110. The van der Waals surface area contributed by atoms with Crippen LogP contribution in [0.1, 0.15) is 40.6 Å². The van der Waals surface area contributed by atoms with Crippen molar-refractivity contribution in [3.63, 3.8) is 0 Å². The van der Waals surface area contributed by atoms with E-state index in [1.54, 1.807) is 10.9 Å². The molecule has 29 heavy (non-hydrogen) atoms. The first kappa shape index (κ1) is 19.6. The van der Waals surface area contributed by atoms with Crippen LogP contribution in [0.3, 0.4) is 0 Å². The van der Waals surface area contributed by atoms with E-state index in [1.165, 1.54) is 16.9 Å². The highest BCUT2D eigenvalue weighted by atomic mass is 32.1. The van der Waals surface area contributed by atoms with Gasteiger partial charge in [-0.05, 0) is 44.0 Å². The zero-order chi connectivity index (χ0) is 20.5. The van der Waals surface area contributed by atoms with Crippen molar-refractivity contribution < 1.29 is 9.53 Å². The first-order valence-corrected chi connectivity index (χ1v) is 10.8. The van der Waals surface area contributed by atoms with Gasteiger partial charge in [-0.3, -0.25) is 14.2 Å². The molecule has 0 N–H and O–H groups in total. The van der Waals surface area contributed by atoms with Crippen molar-refractivity contribution in [3.05, 3.63) is 57.0 Å². The van der Waals surface area contributed by atoms with Gasteiger partial charge in [0.05, 0.1) is 16.6 Å². The maximum absolute atomic E-state index is 13.1. The molecule has 2 aromatic heterocycles. The van der Waals surface area contributed by atoms with Crippen LogP contribution in [0.2, 0.25) is 0 Å². The van der Waals surface area contributed by atoms with Gasteiger partial charge in [-0.25, -0.2) is 4.98 Å². The van der Waals surface area contributed by atoms with E-state index in [2.05, 4.69) is 4.98 Å². The van der Waals surface area contributed by atoms with Gasteiger partial charge in [0.1, 0.15) is 16.7 Å². The number of nitrogens with zero attached hydrogens (tertiary/aromatic N) is 3. The molecule has 3 heterocycles. The van der Waals surface area contributed by atoms with Gasteiger partial charge < -0.3 is 9.64 Å². The summed E-state index contributed by atoms with van der Waals surface area (Å²) in [4.78, 5) is 33.3. The number of fused-ring (bicyclic) bond motifs is 1. The molecule has 1 amide bonds. The Morgan fingerprint density at radius 2 is 2.03 bits per heavy atom. The molecule has 0 bridgehead atoms. The number of thiophene rings is 1. The summed E-state index contributed by atoms with van der Waals surface area (Å²) in [5, 5.41) is 0.570. The van der Waals surface area contributed by atoms with Crippen molar-refractivity contribution in [1.82, 2.24) is 14.5 Å². The van der Waals surface area contributed by atoms with Crippen LogP contribution in [0.15, 0.2) is 35.4 Å². The number of rotatable bonds is 4. The first-order valence-electron chi connectivity index (χ1n) is 9.99. The molecule has 0 aliphatic carbocycles. The Kier molecular flexibility index (Phi) is 5.41. The van der Waals surface area contributed by atoms with Crippen LogP contribution in [0.25, 0.3) is 10.2 Å². The number of hydrogen-bond donors (Lipinski definition) is 0. The number of aromatic nitrogens is 2. The predicted octanol–water partition coefficient (Wildman–Crippen LogP) is 3.78. The number of piperidine rings is 1. The van der Waals surface area contributed by atoms with E-state index in [-0.39, 0.29) is 17.6 Å². The molecule has 4 rings (SSSR count). The minimum absolute atomic E-state index is 0.0121. The van der Waals surface area contributed by atoms with Gasteiger partial charge in [0.2, 0.25) is 0 Å². The van der Waals surface area contributed by atoms with Gasteiger partial charge in [0, 0.05) is 32.5 Å². The molecule has 152 valence electrons. The smallest absolute Gasteiger partial charge is 0.264 e. The standard InChI is InChI=1S/C22H25N3O3S/c1-4-24-13-23-20-18(21(24)26)15(3)19(29-20)22(27)25-10-8-16(9-11-25)28-17-7-5-6-14(2)12-17/h5-7,12-13,16H,4,8-11H2,1-3H3. The van der Waals surface area contributed by atoms with Crippen molar-refractivity contribution in [1.29, 1.82) is 0 Å². The summed E-state index contributed by atoms with van der Waals surface area (Å²) in [5.41, 5.74) is 1.84. The Hall–Kier alpha value is -2.67. The van der Waals surface area contributed by atoms with Crippen LogP contribution in [0.5, 0.6) is 5.75 Å². The van der Waals surface area contributed by atoms with E-state index in [4.69, 9.17) is 4.74 Å². The number of hydrogen-bond acceptors (Lipinski definition) is 5. The molecule has 0 unspecified atom stereocenters. The third-order valence-corrected chi connectivity index (χ3v) is 6.66. The summed E-state index contributed by atoms with van der Waals surface area (Å²) in [6.07, 6.45) is 3.26. The number of benzene rings is 1. The molecule has 0 saturated carbocycles. The summed E-state index contributed by atoms with van der Waals surface area (Å²) in [6, 6.07) is 8.05. The molecule has 3 aromatic rings. The lowest BCUT2D eigenvalue weighted by Gasteiger charge is -2.32. The lowest BCUT2D eigenvalue weighted by Crippen LogP contribution is -2.41. The maximum atomic E-state index is 13.1. The topological polar surface area (TPSA) is 64.4 Å². The molecule has 1 aromatic carbocycles. The molecule has 7 heteroatoms. The SMILES string of the molecule is CCn1cnc2sc(C(=O)N3CCC(Oc4cccc(C)c4)CC3)c(C)c2c1=O. The van der Waals surface area contributed by atoms with E-state index < -0.39 is 0 Å². The van der Waals surface area contributed by atoms with Crippen molar-refractivity contribution in [3.8, 4) is 5.75 Å². The van der Waals surface area contributed by atoms with E-state index in [0.29, 0.717) is 34.7 Å². The number of aryl methyl sites for hydroxylation is 3. The Labute approximate surface area is 173 Å². The number of carbonyl (C=O) groups excluding carboxylic acids is 1. The predicted molar refractivity (Wildman–Crippen MR) is 115 cm³/mol. The van der Waals surface area contributed by atoms with Crippen molar-refractivity contribution in [2.24, 2.45) is 0 Å². The van der Waals surface area contributed by atoms with Crippen LogP contribution in [0.4, 0.5) is 0 Å². The van der Waals surface area contributed by atoms with Gasteiger partial charge in [-0.2, -0.15) is 0 Å². The Morgan fingerprint density at radius 1 is 1.28 bits per heavy atom. The maximum Gasteiger partial charge on any atom is 0.264 e. The average Bonchev–Trinajstić information content (AvgIpc) is 3.06. The zero-order valence-corrected chi connectivity index (χ0v) is 17.8. The van der Waals surface area contributed by atoms with Gasteiger partial charge in [0.15, 0.2) is 0 Å². The molecule has 1 saturated heterocycles. The van der Waals surface area contributed by atoms with Crippen LogP contribution >= 0.6 is 11.3 Å². The summed E-state index contributed by atoms with van der Waals surface area (Å²) in [5.74, 6) is 0.871. The minimum atomic E-state index is -0.0736. The minimum Gasteiger partial charge on any atom is -0.490 e. The van der Waals surface area contributed by atoms with Gasteiger partial charge in [-0.15, -0.1) is 11.3 Å². The van der Waals surface area contributed by atoms with Crippen LogP contribution < -0.4 is 10.3 Å². The van der Waals surface area contributed by atoms with E-state index in [9.17, 15) is 9.59 Å². The molecule has 0 radical (unpaired) electrons. The largest absolute Gasteiger partial charge is 0.490 e. The monoisotopic (exact) mass is 411 g/mol. The Morgan fingerprint density at radius 3 is 2.72 bits per heavy atom. The quantitative estimate of drug-likeness (QED) is 0.655. The molecule has 1 aliphatic rings. The first-order chi connectivity index (χ1) is 14.0. The van der Waals surface area contributed by atoms with Crippen molar-refractivity contribution in [2.75, 3.05) is 13.1 Å². The fraction of sp³-hybridized carbons (Fsp3) is 0.409. The van der Waals surface area contributed by atoms with Crippen molar-refractivity contribution >= 4 is 27.5 Å². The fourth-order valence-electron chi connectivity index (χ4n) is 3.79. The second-order valence-electron chi connectivity index (χ2n) is 7.50. The molecular formula is C22H25N3O3S. The van der Waals surface area contributed by atoms with Crippen LogP contribution in [0, 0.1) is 13.8 Å². The summed E-state index contributed by atoms with van der Waals surface area (Å²) in [7, 11) is 0. The Balaban J connectivity index is 1.48. The molecular weight excluding hydrogens is 386 g/mol. The van der Waals surface area contributed by atoms with E-state index in [0.717, 1.165) is 24.2 Å². The molecule has 6 nitrogen and oxygen atoms in total. The molecule has 1 fully saturated rings. The second kappa shape index (κ2) is 7.99. The normalized spacial score (nSPS) is 15.1. The number of likely N-dealkylation sites (tertiary alicyclic amines) is 1. The van der Waals surface area contributed by atoms with Gasteiger partial charge >= 0.3 is 0 Å². The average molecular weight is 412 g/mol. The second-order valence-corrected chi connectivity index (χ2v) is 8.50. The van der Waals surface area contributed by atoms with E-state index in [1.807, 2.05) is 49.9 Å². The molecule has 0 atom stereocenters. The fourth-order valence-corrected chi connectivity index (χ4v) is 4.90. The lowest BCUT2D eigenvalue weighted by molar-refractivity contribution is 0.0599. The molecule has 1 aliphatic heterocycles. The lowest BCUT2D eigenvalue weighted by atomic mass is 10.1. The number of ether oxygens (including phenoxy) is 1. The van der Waals surface area contributed by atoms with Crippen LogP contribution in [-0.4, -0.2) is 39.6 Å². The third kappa shape index (κ3) is 3.79. The van der Waals surface area contributed by atoms with Gasteiger partial charge in [-0.1, -0.05) is 12.1 Å². The highest BCUT2D eigenvalue weighted by Crippen LogP contribution is 2.29. The number of carbonyl (C=O) groups is 1. The van der Waals surface area contributed by atoms with Gasteiger partial charge in [0.25, 0.3) is 11.5 Å². The zero-order valence-electron chi connectivity index (χ0n) is 17.0. The highest BCUT2D eigenvalue weighted by molar-refractivity contribution is 7.20. The van der Waals surface area contributed by atoms with Crippen molar-refractivity contribution in [2.45, 2.75) is 46.3 Å². The molecule has 0 spiro atoms. The summed E-state index contributed by atoms with van der Waals surface area (Å²) in [6.45, 7) is 7.67. The number of amides is 1. The summed E-state index contributed by atoms with van der Waals surface area (Å²) >= 11 is 1.32.